The summed E-state index contributed by atoms with van der Waals surface area (Å²) in [5.41, 5.74) is 1.97. The average Bonchev–Trinajstić information content (AvgIpc) is 2.60. The van der Waals surface area contributed by atoms with Gasteiger partial charge in [0.15, 0.2) is 0 Å². The zero-order valence-corrected chi connectivity index (χ0v) is 14.0. The van der Waals surface area contributed by atoms with E-state index in [1.807, 2.05) is 30.5 Å². The van der Waals surface area contributed by atoms with Gasteiger partial charge in [-0.1, -0.05) is 24.3 Å². The van der Waals surface area contributed by atoms with Gasteiger partial charge in [0.05, 0.1) is 11.6 Å². The molecule has 2 bridgehead atoms. The highest BCUT2D eigenvalue weighted by Gasteiger charge is 2.42. The van der Waals surface area contributed by atoms with Crippen LogP contribution in [0.2, 0.25) is 0 Å². The van der Waals surface area contributed by atoms with Crippen LogP contribution in [0.15, 0.2) is 49.2 Å². The second kappa shape index (κ2) is 6.60. The first-order chi connectivity index (χ1) is 10.8. The first-order valence-electron chi connectivity index (χ1n) is 8.16. The van der Waals surface area contributed by atoms with E-state index in [1.54, 1.807) is 0 Å². The third-order valence-corrected chi connectivity index (χ3v) is 5.52. The first-order valence-corrected chi connectivity index (χ1v) is 8.16. The summed E-state index contributed by atoms with van der Waals surface area (Å²) >= 11 is 0. The molecule has 0 amide bonds. The topological polar surface area (TPSA) is 36.4 Å². The molecule has 1 aromatic heterocycles. The molecule has 3 nitrogen and oxygen atoms in total. The smallest absolute Gasteiger partial charge is 0.0952 e. The van der Waals surface area contributed by atoms with Crippen molar-refractivity contribution >= 4 is 23.3 Å². The molecule has 3 fully saturated rings. The average molecular weight is 331 g/mol. The number of aliphatic hydroxyl groups excluding tert-OH is 1. The standard InChI is InChI=1S/C19H22N2O.ClH/c1-2-13-12-21-10-8-14(13)11-18(21)19(22)16-7-9-20-17-6-4-3-5-15(16)17;/h2-7,9,13-14,18-19,22H,1,8,10-12H2;1H/t13-,14?,18?,19-;/m0./s1. The lowest BCUT2D eigenvalue weighted by Crippen LogP contribution is -2.54. The molecule has 1 aromatic carbocycles. The van der Waals surface area contributed by atoms with Gasteiger partial charge in [0.1, 0.15) is 0 Å². The summed E-state index contributed by atoms with van der Waals surface area (Å²) in [6.45, 7) is 6.11. The van der Waals surface area contributed by atoms with Crippen LogP contribution >= 0.6 is 12.4 Å². The molecule has 122 valence electrons. The van der Waals surface area contributed by atoms with Crippen molar-refractivity contribution < 1.29 is 5.11 Å². The Kier molecular flexibility index (Phi) is 4.72. The third-order valence-electron chi connectivity index (χ3n) is 5.52. The van der Waals surface area contributed by atoms with Gasteiger partial charge in [0, 0.05) is 24.2 Å². The lowest BCUT2D eigenvalue weighted by molar-refractivity contribution is -0.0444. The molecule has 2 aromatic rings. The largest absolute Gasteiger partial charge is 0.387 e. The Hall–Kier alpha value is -1.42. The van der Waals surface area contributed by atoms with Crippen molar-refractivity contribution in [1.82, 2.24) is 9.88 Å². The highest BCUT2D eigenvalue weighted by atomic mass is 35.5. The van der Waals surface area contributed by atoms with Crippen LogP contribution in [0.5, 0.6) is 0 Å². The summed E-state index contributed by atoms with van der Waals surface area (Å²) in [7, 11) is 0. The van der Waals surface area contributed by atoms with Gasteiger partial charge in [-0.3, -0.25) is 9.88 Å². The quantitative estimate of drug-likeness (QED) is 0.874. The van der Waals surface area contributed by atoms with Gasteiger partial charge in [-0.05, 0) is 48.9 Å². The molecule has 0 radical (unpaired) electrons. The number of hydrogen-bond acceptors (Lipinski definition) is 3. The third kappa shape index (κ3) is 2.78. The van der Waals surface area contributed by atoms with Crippen LogP contribution in [0.3, 0.4) is 0 Å². The fourth-order valence-corrected chi connectivity index (χ4v) is 4.29. The van der Waals surface area contributed by atoms with Crippen molar-refractivity contribution in [2.24, 2.45) is 11.8 Å². The van der Waals surface area contributed by atoms with E-state index < -0.39 is 6.10 Å². The van der Waals surface area contributed by atoms with Crippen LogP contribution in [-0.2, 0) is 0 Å². The van der Waals surface area contributed by atoms with Gasteiger partial charge >= 0.3 is 0 Å². The lowest BCUT2D eigenvalue weighted by atomic mass is 9.73. The van der Waals surface area contributed by atoms with E-state index in [-0.39, 0.29) is 18.4 Å². The maximum absolute atomic E-state index is 11.0. The van der Waals surface area contributed by atoms with Crippen molar-refractivity contribution in [3.05, 3.63) is 54.7 Å². The molecule has 5 rings (SSSR count). The van der Waals surface area contributed by atoms with Crippen molar-refractivity contribution in [1.29, 1.82) is 0 Å². The van der Waals surface area contributed by atoms with E-state index in [0.29, 0.717) is 11.8 Å². The minimum Gasteiger partial charge on any atom is -0.387 e. The van der Waals surface area contributed by atoms with Crippen molar-refractivity contribution in [3.8, 4) is 0 Å². The van der Waals surface area contributed by atoms with Gasteiger partial charge < -0.3 is 5.11 Å². The van der Waals surface area contributed by atoms with Crippen LogP contribution in [0.25, 0.3) is 10.9 Å². The minimum atomic E-state index is -0.443. The van der Waals surface area contributed by atoms with E-state index in [9.17, 15) is 5.11 Å². The number of pyridine rings is 1. The number of fused-ring (bicyclic) bond motifs is 4. The fourth-order valence-electron chi connectivity index (χ4n) is 4.29. The maximum atomic E-state index is 11.0. The van der Waals surface area contributed by atoms with Gasteiger partial charge in [-0.15, -0.1) is 19.0 Å². The Balaban J connectivity index is 0.00000156. The van der Waals surface area contributed by atoms with Crippen LogP contribution in [-0.4, -0.2) is 34.1 Å². The summed E-state index contributed by atoms with van der Waals surface area (Å²) in [5, 5.41) is 12.1. The molecule has 0 aliphatic carbocycles. The molecule has 0 spiro atoms. The summed E-state index contributed by atoms with van der Waals surface area (Å²) in [4.78, 5) is 6.86. The van der Waals surface area contributed by atoms with Crippen LogP contribution in [0.4, 0.5) is 0 Å². The van der Waals surface area contributed by atoms with Crippen LogP contribution < -0.4 is 0 Å². The number of aliphatic hydroxyl groups is 1. The van der Waals surface area contributed by atoms with Crippen LogP contribution in [0, 0.1) is 11.8 Å². The summed E-state index contributed by atoms with van der Waals surface area (Å²) in [5.74, 6) is 1.27. The molecule has 3 saturated heterocycles. The van der Waals surface area contributed by atoms with Gasteiger partial charge in [0.25, 0.3) is 0 Å². The number of para-hydroxylation sites is 1. The zero-order valence-electron chi connectivity index (χ0n) is 13.1. The monoisotopic (exact) mass is 330 g/mol. The van der Waals surface area contributed by atoms with Gasteiger partial charge in [-0.25, -0.2) is 0 Å². The molecule has 4 heterocycles. The predicted octanol–water partition coefficient (Wildman–Crippen LogP) is 3.59. The first kappa shape index (κ1) is 16.4. The molecule has 0 saturated carbocycles. The number of piperidine rings is 3. The lowest BCUT2D eigenvalue weighted by Gasteiger charge is -2.50. The second-order valence-corrected chi connectivity index (χ2v) is 6.61. The molecule has 1 N–H and O–H groups in total. The van der Waals surface area contributed by atoms with Crippen molar-refractivity contribution in [3.63, 3.8) is 0 Å². The highest BCUT2D eigenvalue weighted by Crippen LogP contribution is 2.41. The highest BCUT2D eigenvalue weighted by molar-refractivity contribution is 5.85. The number of aromatic nitrogens is 1. The van der Waals surface area contributed by atoms with Crippen molar-refractivity contribution in [2.75, 3.05) is 13.1 Å². The molecular weight excluding hydrogens is 308 g/mol. The van der Waals surface area contributed by atoms with Gasteiger partial charge in [-0.2, -0.15) is 0 Å². The SMILES string of the molecule is C=C[C@H]1CN2CCC1CC2[C@@H](O)c1ccnc2ccccc12.Cl. The number of rotatable bonds is 3. The molecular formula is C19H23ClN2O. The molecule has 4 heteroatoms. The number of halogens is 1. The molecule has 23 heavy (non-hydrogen) atoms. The molecule has 5 atom stereocenters. The summed E-state index contributed by atoms with van der Waals surface area (Å²) in [6.07, 6.45) is 5.76. The fraction of sp³-hybridized carbons (Fsp3) is 0.421. The molecule has 3 unspecified atom stereocenters. The van der Waals surface area contributed by atoms with E-state index in [4.69, 9.17) is 0 Å². The summed E-state index contributed by atoms with van der Waals surface area (Å²) < 4.78 is 0. The molecule has 3 aliphatic rings. The predicted molar refractivity (Wildman–Crippen MR) is 95.7 cm³/mol. The second-order valence-electron chi connectivity index (χ2n) is 6.61. The minimum absolute atomic E-state index is 0. The number of nitrogens with zero attached hydrogens (tertiary/aromatic N) is 2. The zero-order chi connectivity index (χ0) is 15.1. The Bertz CT molecular complexity index is 699. The normalized spacial score (nSPS) is 30.7. The van der Waals surface area contributed by atoms with E-state index >= 15 is 0 Å². The van der Waals surface area contributed by atoms with E-state index in [0.717, 1.165) is 36.0 Å². The van der Waals surface area contributed by atoms with E-state index in [1.165, 1.54) is 6.42 Å². The Labute approximate surface area is 143 Å². The van der Waals surface area contributed by atoms with Gasteiger partial charge in [0.2, 0.25) is 0 Å². The van der Waals surface area contributed by atoms with Crippen molar-refractivity contribution in [2.45, 2.75) is 25.0 Å². The molecule has 3 aliphatic heterocycles. The maximum Gasteiger partial charge on any atom is 0.0952 e. The van der Waals surface area contributed by atoms with E-state index in [2.05, 4.69) is 28.6 Å². The Morgan fingerprint density at radius 1 is 1.30 bits per heavy atom. The van der Waals surface area contributed by atoms with Crippen LogP contribution in [0.1, 0.15) is 24.5 Å². The summed E-state index contributed by atoms with van der Waals surface area (Å²) in [6, 6.07) is 10.3. The Morgan fingerprint density at radius 3 is 2.87 bits per heavy atom. The number of benzene rings is 1. The number of hydrogen-bond donors (Lipinski definition) is 1. The Morgan fingerprint density at radius 2 is 2.13 bits per heavy atom.